The molecular weight excluding hydrogens is 352 g/mol. The molecule has 0 aromatic heterocycles. The van der Waals surface area contributed by atoms with Gasteiger partial charge in [-0.3, -0.25) is 9.69 Å². The predicted molar refractivity (Wildman–Crippen MR) is 106 cm³/mol. The Morgan fingerprint density at radius 2 is 1.79 bits per heavy atom. The van der Waals surface area contributed by atoms with E-state index in [1.54, 1.807) is 0 Å². The van der Waals surface area contributed by atoms with E-state index < -0.39 is 5.60 Å². The first-order chi connectivity index (χ1) is 13.5. The number of aliphatic hydroxyl groups is 1. The summed E-state index contributed by atoms with van der Waals surface area (Å²) in [4.78, 5) is 15.7. The van der Waals surface area contributed by atoms with Crippen molar-refractivity contribution in [3.8, 4) is 0 Å². The third kappa shape index (κ3) is 3.49. The van der Waals surface area contributed by atoms with Gasteiger partial charge in [0.1, 0.15) is 0 Å². The van der Waals surface area contributed by atoms with Crippen molar-refractivity contribution in [3.05, 3.63) is 35.4 Å². The van der Waals surface area contributed by atoms with E-state index in [-0.39, 0.29) is 11.3 Å². The summed E-state index contributed by atoms with van der Waals surface area (Å²) in [6.07, 6.45) is 5.61. The monoisotopic (exact) mass is 384 g/mol. The molecule has 1 aromatic rings. The van der Waals surface area contributed by atoms with E-state index in [1.807, 2.05) is 0 Å². The van der Waals surface area contributed by atoms with Crippen LogP contribution in [0.2, 0.25) is 0 Å². The fraction of sp³-hybridized carbons (Fsp3) is 0.696. The second-order valence-corrected chi connectivity index (χ2v) is 9.81. The predicted octanol–water partition coefficient (Wildman–Crippen LogP) is 2.47. The number of nitrogens with one attached hydrogen (secondary N) is 1. The Hall–Kier alpha value is -1.43. The van der Waals surface area contributed by atoms with Gasteiger partial charge in [0.25, 0.3) is 0 Å². The molecule has 5 heteroatoms. The standard InChI is InChI=1S/C23H32N2O3/c26-21(22-10-17-9-18(11-22)13-23(27,12-17)16-22)24-14-19-3-1-2-4-20(19)15-25-5-7-28-8-6-25/h1-4,17-18,27H,5-16H2,(H,24,26). The zero-order chi connectivity index (χ0) is 19.2. The van der Waals surface area contributed by atoms with Crippen LogP contribution in [0.4, 0.5) is 0 Å². The SMILES string of the molecule is O=C(NCc1ccccc1CN1CCOCC1)C12CC3CC(CC(O)(C3)C1)C2. The van der Waals surface area contributed by atoms with Gasteiger partial charge in [-0.2, -0.15) is 0 Å². The smallest absolute Gasteiger partial charge is 0.226 e. The maximum atomic E-state index is 13.3. The maximum Gasteiger partial charge on any atom is 0.226 e. The van der Waals surface area contributed by atoms with Gasteiger partial charge in [-0.1, -0.05) is 24.3 Å². The van der Waals surface area contributed by atoms with E-state index in [2.05, 4.69) is 34.5 Å². The zero-order valence-corrected chi connectivity index (χ0v) is 16.7. The third-order valence-electron chi connectivity index (χ3n) is 7.57. The first-order valence-corrected chi connectivity index (χ1v) is 10.9. The van der Waals surface area contributed by atoms with Crippen LogP contribution in [0.15, 0.2) is 24.3 Å². The number of carbonyl (C=O) groups is 1. The maximum absolute atomic E-state index is 13.3. The summed E-state index contributed by atoms with van der Waals surface area (Å²) >= 11 is 0. The molecule has 1 aromatic carbocycles. The fourth-order valence-electron chi connectivity index (χ4n) is 6.73. The van der Waals surface area contributed by atoms with Crippen LogP contribution in [0.5, 0.6) is 0 Å². The van der Waals surface area contributed by atoms with Crippen LogP contribution in [0.1, 0.15) is 49.7 Å². The number of ether oxygens (including phenoxy) is 1. The van der Waals surface area contributed by atoms with Crippen LogP contribution in [0.3, 0.4) is 0 Å². The van der Waals surface area contributed by atoms with Gasteiger partial charge in [0.2, 0.25) is 5.91 Å². The molecule has 1 saturated heterocycles. The molecule has 2 unspecified atom stereocenters. The molecular formula is C23H32N2O3. The summed E-state index contributed by atoms with van der Waals surface area (Å²) in [5.74, 6) is 1.23. The minimum atomic E-state index is -0.588. The molecule has 1 aliphatic heterocycles. The number of amides is 1. The van der Waals surface area contributed by atoms with Crippen molar-refractivity contribution in [1.82, 2.24) is 10.2 Å². The summed E-state index contributed by atoms with van der Waals surface area (Å²) in [5.41, 5.74) is 1.56. The number of nitrogens with zero attached hydrogens (tertiary/aromatic N) is 1. The molecule has 28 heavy (non-hydrogen) atoms. The lowest BCUT2D eigenvalue weighted by Crippen LogP contribution is -2.60. The molecule has 2 N–H and O–H groups in total. The largest absolute Gasteiger partial charge is 0.390 e. The number of hydrogen-bond acceptors (Lipinski definition) is 4. The van der Waals surface area contributed by atoms with E-state index >= 15 is 0 Å². The Morgan fingerprint density at radius 1 is 1.11 bits per heavy atom. The third-order valence-corrected chi connectivity index (χ3v) is 7.57. The molecule has 1 heterocycles. The summed E-state index contributed by atoms with van der Waals surface area (Å²) in [6.45, 7) is 5.01. The summed E-state index contributed by atoms with van der Waals surface area (Å²) < 4.78 is 5.45. The Bertz CT molecular complexity index is 729. The van der Waals surface area contributed by atoms with Crippen LogP contribution in [-0.2, 0) is 22.6 Å². The van der Waals surface area contributed by atoms with Gasteiger partial charge < -0.3 is 15.2 Å². The number of morpholine rings is 1. The van der Waals surface area contributed by atoms with Gasteiger partial charge in [-0.15, -0.1) is 0 Å². The lowest BCUT2D eigenvalue weighted by Gasteiger charge is -2.59. The van der Waals surface area contributed by atoms with E-state index in [0.717, 1.165) is 58.5 Å². The van der Waals surface area contributed by atoms with E-state index in [0.29, 0.717) is 24.8 Å². The van der Waals surface area contributed by atoms with Gasteiger partial charge in [0.15, 0.2) is 0 Å². The topological polar surface area (TPSA) is 61.8 Å². The van der Waals surface area contributed by atoms with Crippen molar-refractivity contribution in [2.45, 2.75) is 57.2 Å². The average molecular weight is 385 g/mol. The Kier molecular flexibility index (Phi) is 4.73. The van der Waals surface area contributed by atoms with Gasteiger partial charge in [-0.05, 0) is 61.5 Å². The lowest BCUT2D eigenvalue weighted by molar-refractivity contribution is -0.178. The highest BCUT2D eigenvalue weighted by atomic mass is 16.5. The minimum absolute atomic E-state index is 0.168. The molecule has 4 aliphatic carbocycles. The van der Waals surface area contributed by atoms with Crippen LogP contribution in [0, 0.1) is 17.3 Å². The average Bonchev–Trinajstić information content (AvgIpc) is 2.66. The number of benzene rings is 1. The van der Waals surface area contributed by atoms with Gasteiger partial charge in [-0.25, -0.2) is 0 Å². The number of carbonyl (C=O) groups excluding carboxylic acids is 1. The van der Waals surface area contributed by atoms with Crippen molar-refractivity contribution in [3.63, 3.8) is 0 Å². The summed E-state index contributed by atoms with van der Waals surface area (Å²) in [6, 6.07) is 8.43. The van der Waals surface area contributed by atoms with Gasteiger partial charge in [0, 0.05) is 26.2 Å². The highest BCUT2D eigenvalue weighted by molar-refractivity contribution is 5.83. The Balaban J connectivity index is 1.26. The van der Waals surface area contributed by atoms with Crippen molar-refractivity contribution in [2.24, 2.45) is 17.3 Å². The zero-order valence-electron chi connectivity index (χ0n) is 16.7. The normalized spacial score (nSPS) is 37.2. The highest BCUT2D eigenvalue weighted by Crippen LogP contribution is 2.61. The summed E-state index contributed by atoms with van der Waals surface area (Å²) in [7, 11) is 0. The second kappa shape index (κ2) is 7.12. The molecule has 5 nitrogen and oxygen atoms in total. The quantitative estimate of drug-likeness (QED) is 0.819. The Labute approximate surface area is 167 Å². The number of rotatable bonds is 5. The second-order valence-electron chi connectivity index (χ2n) is 9.81. The van der Waals surface area contributed by atoms with Crippen LogP contribution in [-0.4, -0.2) is 47.8 Å². The molecule has 4 saturated carbocycles. The highest BCUT2D eigenvalue weighted by Gasteiger charge is 2.60. The Morgan fingerprint density at radius 3 is 2.46 bits per heavy atom. The molecule has 5 fully saturated rings. The molecule has 0 radical (unpaired) electrons. The van der Waals surface area contributed by atoms with Crippen molar-refractivity contribution >= 4 is 5.91 Å². The first kappa shape index (κ1) is 18.6. The molecule has 4 bridgehead atoms. The van der Waals surface area contributed by atoms with Crippen LogP contribution < -0.4 is 5.32 Å². The van der Waals surface area contributed by atoms with Gasteiger partial charge in [0.05, 0.1) is 24.2 Å². The van der Waals surface area contributed by atoms with Crippen LogP contribution in [0.25, 0.3) is 0 Å². The van der Waals surface area contributed by atoms with Gasteiger partial charge >= 0.3 is 0 Å². The van der Waals surface area contributed by atoms with Crippen molar-refractivity contribution < 1.29 is 14.6 Å². The van der Waals surface area contributed by atoms with E-state index in [4.69, 9.17) is 4.74 Å². The van der Waals surface area contributed by atoms with E-state index in [1.165, 1.54) is 17.5 Å². The molecule has 5 aliphatic rings. The molecule has 0 spiro atoms. The van der Waals surface area contributed by atoms with Crippen LogP contribution >= 0.6 is 0 Å². The molecule has 152 valence electrons. The minimum Gasteiger partial charge on any atom is -0.390 e. The molecule has 1 amide bonds. The summed E-state index contributed by atoms with van der Waals surface area (Å²) in [5, 5.41) is 14.2. The fourth-order valence-corrected chi connectivity index (χ4v) is 6.73. The van der Waals surface area contributed by atoms with Crippen molar-refractivity contribution in [2.75, 3.05) is 26.3 Å². The lowest BCUT2D eigenvalue weighted by atomic mass is 9.47. The molecule has 6 rings (SSSR count). The number of hydrogen-bond donors (Lipinski definition) is 2. The van der Waals surface area contributed by atoms with Crippen molar-refractivity contribution in [1.29, 1.82) is 0 Å². The van der Waals surface area contributed by atoms with E-state index in [9.17, 15) is 9.90 Å². The molecule has 2 atom stereocenters. The first-order valence-electron chi connectivity index (χ1n) is 10.9.